The topological polar surface area (TPSA) is 109 Å². The lowest BCUT2D eigenvalue weighted by atomic mass is 9.86. The van der Waals surface area contributed by atoms with Crippen LogP contribution in [0.25, 0.3) is 0 Å². The van der Waals surface area contributed by atoms with Crippen LogP contribution < -0.4 is 21.1 Å². The number of urea groups is 1. The van der Waals surface area contributed by atoms with E-state index in [1.54, 1.807) is 17.0 Å². The van der Waals surface area contributed by atoms with E-state index in [0.29, 0.717) is 65.4 Å². The Morgan fingerprint density at radius 3 is 2.18 bits per heavy atom. The number of anilines is 2. The Morgan fingerprint density at radius 2 is 1.54 bits per heavy atom. The van der Waals surface area contributed by atoms with E-state index in [9.17, 15) is 9.59 Å². The molecular weight excluding hydrogens is 669 g/mol. The molecule has 4 aromatic rings. The van der Waals surface area contributed by atoms with Gasteiger partial charge >= 0.3 is 6.03 Å². The summed E-state index contributed by atoms with van der Waals surface area (Å²) in [4.78, 5) is 33.8. The van der Waals surface area contributed by atoms with E-state index in [-0.39, 0.29) is 17.4 Å². The second-order valence-electron chi connectivity index (χ2n) is 13.4. The fourth-order valence-corrected chi connectivity index (χ4v) is 6.26. The lowest BCUT2D eigenvalue weighted by Crippen LogP contribution is -2.44. The molecule has 0 saturated heterocycles. The van der Waals surface area contributed by atoms with Crippen molar-refractivity contribution in [3.8, 4) is 5.75 Å². The summed E-state index contributed by atoms with van der Waals surface area (Å²) in [5.74, 6) is 1.09. The van der Waals surface area contributed by atoms with Crippen molar-refractivity contribution in [2.45, 2.75) is 70.9 Å². The molecule has 5 rings (SSSR count). The number of benzene rings is 4. The zero-order valence-electron chi connectivity index (χ0n) is 29.0. The number of amidine groups is 1. The van der Waals surface area contributed by atoms with Crippen LogP contribution in [0.4, 0.5) is 16.2 Å². The predicted molar refractivity (Wildman–Crippen MR) is 204 cm³/mol. The normalized spacial score (nSPS) is 15.8. The number of carbonyl (C=O) groups excluding carboxylic acids is 2. The molecule has 0 saturated carbocycles. The molecule has 0 bridgehead atoms. The van der Waals surface area contributed by atoms with Crippen LogP contribution >= 0.6 is 23.2 Å². The summed E-state index contributed by atoms with van der Waals surface area (Å²) in [6, 6.07) is 27.3. The van der Waals surface area contributed by atoms with E-state index >= 15 is 0 Å². The number of unbranched alkanes of at least 4 members (excludes halogenated alkanes) is 2. The molecule has 0 radical (unpaired) electrons. The maximum atomic E-state index is 14.4. The van der Waals surface area contributed by atoms with E-state index in [1.165, 1.54) is 0 Å². The number of para-hydroxylation sites is 2. The van der Waals surface area contributed by atoms with Gasteiger partial charge in [-0.1, -0.05) is 92.9 Å². The molecule has 10 heteroatoms. The summed E-state index contributed by atoms with van der Waals surface area (Å²) in [5, 5.41) is 7.23. The first-order valence-electron chi connectivity index (χ1n) is 17.0. The van der Waals surface area contributed by atoms with E-state index in [1.807, 2.05) is 79.7 Å². The number of halogens is 2. The van der Waals surface area contributed by atoms with Crippen molar-refractivity contribution in [1.29, 1.82) is 0 Å². The smallest absolute Gasteiger partial charge is 0.323 e. The Hall–Kier alpha value is -4.53. The highest BCUT2D eigenvalue weighted by Gasteiger charge is 2.43. The molecule has 50 heavy (non-hydrogen) atoms. The van der Waals surface area contributed by atoms with Gasteiger partial charge in [-0.15, -0.1) is 0 Å². The fourth-order valence-electron chi connectivity index (χ4n) is 6.01. The number of ether oxygens (including phenoxy) is 1. The third-order valence-corrected chi connectivity index (χ3v) is 9.19. The van der Waals surface area contributed by atoms with Crippen LogP contribution in [0.5, 0.6) is 5.75 Å². The average molecular weight is 715 g/mol. The number of nitrogens with one attached hydrogen (secondary N) is 2. The highest BCUT2D eigenvalue weighted by atomic mass is 35.5. The number of nitrogens with two attached hydrogens (primary N) is 1. The number of nitrogen functional groups attached to an aromatic ring is 1. The number of aliphatic imine (C=N–C) groups is 1. The lowest BCUT2D eigenvalue weighted by Gasteiger charge is -2.30. The van der Waals surface area contributed by atoms with Gasteiger partial charge in [0.2, 0.25) is 5.91 Å². The minimum absolute atomic E-state index is 0.0912. The average Bonchev–Trinajstić information content (AvgIpc) is 3.48. The summed E-state index contributed by atoms with van der Waals surface area (Å²) in [5.41, 5.74) is 10.6. The van der Waals surface area contributed by atoms with Crippen molar-refractivity contribution in [3.05, 3.63) is 123 Å². The monoisotopic (exact) mass is 713 g/mol. The molecule has 262 valence electrons. The lowest BCUT2D eigenvalue weighted by molar-refractivity contribution is -0.116. The molecular formula is C40H45Cl2N5O3. The number of nitrogens with zero attached hydrogens (tertiary/aromatic N) is 2. The largest absolute Gasteiger partial charge is 0.493 e. The molecule has 1 aliphatic rings. The molecule has 2 unspecified atom stereocenters. The van der Waals surface area contributed by atoms with Crippen molar-refractivity contribution < 1.29 is 14.3 Å². The predicted octanol–water partition coefficient (Wildman–Crippen LogP) is 9.73. The number of rotatable bonds is 12. The maximum Gasteiger partial charge on any atom is 0.323 e. The van der Waals surface area contributed by atoms with Crippen LogP contribution in [0.15, 0.2) is 96.0 Å². The summed E-state index contributed by atoms with van der Waals surface area (Å²) < 4.78 is 6.20. The number of carbonyl (C=O) groups is 2. The van der Waals surface area contributed by atoms with Gasteiger partial charge < -0.3 is 21.1 Å². The first-order valence-corrected chi connectivity index (χ1v) is 17.8. The third kappa shape index (κ3) is 8.97. The zero-order valence-corrected chi connectivity index (χ0v) is 30.5. The molecule has 1 aliphatic heterocycles. The van der Waals surface area contributed by atoms with Crippen molar-refractivity contribution in [2.75, 3.05) is 24.2 Å². The first-order chi connectivity index (χ1) is 24.0. The Bertz CT molecular complexity index is 1820. The molecule has 1 heterocycles. The van der Waals surface area contributed by atoms with Gasteiger partial charge in [-0.3, -0.25) is 14.7 Å². The number of hydrogen-bond acceptors (Lipinski definition) is 5. The SMILES string of the molecule is CCOc1cc(C(C)(C)C)ccc1C1=NC(c2ccc(Cl)cc2)C(c2ccc(Cl)cc2)N1C(=O)NCCCCCC(=O)Nc1ccccc1N. The summed E-state index contributed by atoms with van der Waals surface area (Å²) >= 11 is 12.6. The van der Waals surface area contributed by atoms with Crippen LogP contribution in [0, 0.1) is 0 Å². The Labute approximate surface area is 305 Å². The highest BCUT2D eigenvalue weighted by molar-refractivity contribution is 6.30. The minimum Gasteiger partial charge on any atom is -0.493 e. The fraction of sp³-hybridized carbons (Fsp3) is 0.325. The van der Waals surface area contributed by atoms with Gasteiger partial charge in [0.25, 0.3) is 0 Å². The van der Waals surface area contributed by atoms with Crippen LogP contribution in [-0.2, 0) is 10.2 Å². The molecule has 8 nitrogen and oxygen atoms in total. The molecule has 0 aromatic heterocycles. The number of hydrogen-bond donors (Lipinski definition) is 3. The molecule has 0 spiro atoms. The molecule has 4 aromatic carbocycles. The molecule has 3 amide bonds. The van der Waals surface area contributed by atoms with Crippen molar-refractivity contribution in [1.82, 2.24) is 10.2 Å². The quantitative estimate of drug-likeness (QED) is 0.100. The second-order valence-corrected chi connectivity index (χ2v) is 14.3. The summed E-state index contributed by atoms with van der Waals surface area (Å²) in [7, 11) is 0. The standard InChI is InChI=1S/C40H45Cl2N5O3/c1-5-50-34-25-28(40(2,3)4)18-23-31(34)38-46-36(26-14-19-29(41)20-15-26)37(27-16-21-30(42)22-17-27)47(38)39(49)44-24-10-6-7-13-35(48)45-33-12-9-8-11-32(33)43/h8-9,11-12,14-23,25,36-37H,5-7,10,13,24,43H2,1-4H3,(H,44,49)(H,45,48). The van der Waals surface area contributed by atoms with Crippen LogP contribution in [0.1, 0.15) is 87.7 Å². The van der Waals surface area contributed by atoms with Gasteiger partial charge in [0.15, 0.2) is 0 Å². The van der Waals surface area contributed by atoms with Crippen LogP contribution in [0.2, 0.25) is 10.0 Å². The van der Waals surface area contributed by atoms with Crippen LogP contribution in [0.3, 0.4) is 0 Å². The van der Waals surface area contributed by atoms with E-state index in [0.717, 1.165) is 28.7 Å². The van der Waals surface area contributed by atoms with Gasteiger partial charge in [-0.05, 0) is 90.4 Å². The summed E-state index contributed by atoms with van der Waals surface area (Å²) in [6.45, 7) is 9.30. The second kappa shape index (κ2) is 16.5. The Balaban J connectivity index is 1.40. The molecule has 0 aliphatic carbocycles. The van der Waals surface area contributed by atoms with Gasteiger partial charge in [0.1, 0.15) is 17.6 Å². The van der Waals surface area contributed by atoms with Gasteiger partial charge in [-0.2, -0.15) is 0 Å². The van der Waals surface area contributed by atoms with E-state index in [2.05, 4.69) is 37.5 Å². The Kier molecular flexibility index (Phi) is 12.1. The Morgan fingerprint density at radius 1 is 0.880 bits per heavy atom. The van der Waals surface area contributed by atoms with Gasteiger partial charge in [-0.25, -0.2) is 4.79 Å². The molecule has 4 N–H and O–H groups in total. The van der Waals surface area contributed by atoms with Crippen molar-refractivity contribution in [3.63, 3.8) is 0 Å². The maximum absolute atomic E-state index is 14.4. The van der Waals surface area contributed by atoms with E-state index in [4.69, 9.17) is 38.7 Å². The molecule has 0 fully saturated rings. The van der Waals surface area contributed by atoms with Crippen LogP contribution in [-0.4, -0.2) is 35.8 Å². The minimum atomic E-state index is -0.477. The molecule has 2 atom stereocenters. The highest BCUT2D eigenvalue weighted by Crippen LogP contribution is 2.45. The van der Waals surface area contributed by atoms with Crippen molar-refractivity contribution >= 4 is 52.4 Å². The van der Waals surface area contributed by atoms with Gasteiger partial charge in [0.05, 0.1) is 29.6 Å². The third-order valence-electron chi connectivity index (χ3n) is 8.69. The van der Waals surface area contributed by atoms with Gasteiger partial charge in [0, 0.05) is 23.0 Å². The first kappa shape index (κ1) is 36.7. The number of amides is 3. The van der Waals surface area contributed by atoms with E-state index < -0.39 is 12.1 Å². The zero-order chi connectivity index (χ0) is 35.8. The van der Waals surface area contributed by atoms with Crippen molar-refractivity contribution in [2.24, 2.45) is 4.99 Å². The summed E-state index contributed by atoms with van der Waals surface area (Å²) in [6.07, 6.45) is 2.49.